The van der Waals surface area contributed by atoms with Gasteiger partial charge in [-0.3, -0.25) is 9.48 Å². The highest BCUT2D eigenvalue weighted by Crippen LogP contribution is 2.16. The molecular formula is C12H14FN5O. The lowest BCUT2D eigenvalue weighted by Crippen LogP contribution is -2.13. The second-order valence-electron chi connectivity index (χ2n) is 4.07. The topological polar surface area (TPSA) is 85.8 Å². The van der Waals surface area contributed by atoms with Crippen LogP contribution in [0.25, 0.3) is 0 Å². The number of aromatic nitrogens is 3. The minimum absolute atomic E-state index is 0.164. The third-order valence-corrected chi connectivity index (χ3v) is 2.58. The summed E-state index contributed by atoms with van der Waals surface area (Å²) in [6.45, 7) is 2.67. The zero-order valence-corrected chi connectivity index (χ0v) is 10.4. The van der Waals surface area contributed by atoms with Gasteiger partial charge >= 0.3 is 0 Å². The van der Waals surface area contributed by atoms with Crippen LogP contribution >= 0.6 is 0 Å². The monoisotopic (exact) mass is 263 g/mol. The Morgan fingerprint density at radius 2 is 2.32 bits per heavy atom. The maximum atomic E-state index is 13.1. The van der Waals surface area contributed by atoms with Crippen molar-refractivity contribution in [2.45, 2.75) is 13.5 Å². The summed E-state index contributed by atoms with van der Waals surface area (Å²) in [6.07, 6.45) is 1.50. The summed E-state index contributed by atoms with van der Waals surface area (Å²) in [7, 11) is 0. The molecule has 2 aromatic rings. The Kier molecular flexibility index (Phi) is 3.86. The van der Waals surface area contributed by atoms with Crippen LogP contribution in [0.5, 0.6) is 0 Å². The van der Waals surface area contributed by atoms with Crippen LogP contribution in [-0.2, 0) is 6.54 Å². The first-order valence-corrected chi connectivity index (χ1v) is 5.78. The average Bonchev–Trinajstić information content (AvgIpc) is 2.83. The Balaban J connectivity index is 2.13. The molecule has 3 N–H and O–H groups in total. The van der Waals surface area contributed by atoms with Crippen LogP contribution < -0.4 is 11.1 Å². The van der Waals surface area contributed by atoms with Crippen molar-refractivity contribution >= 4 is 11.6 Å². The Bertz CT molecular complexity index is 596. The van der Waals surface area contributed by atoms with Crippen molar-refractivity contribution in [1.29, 1.82) is 0 Å². The number of nitrogens with two attached hydrogens (primary N) is 1. The van der Waals surface area contributed by atoms with Gasteiger partial charge in [0.15, 0.2) is 5.69 Å². The second-order valence-corrected chi connectivity index (χ2v) is 4.07. The van der Waals surface area contributed by atoms with Crippen LogP contribution in [0.3, 0.4) is 0 Å². The molecule has 0 saturated carbocycles. The molecule has 1 heterocycles. The average molecular weight is 263 g/mol. The van der Waals surface area contributed by atoms with Gasteiger partial charge in [0.25, 0.3) is 5.91 Å². The number of hydrogen-bond donors (Lipinski definition) is 2. The van der Waals surface area contributed by atoms with Crippen LogP contribution in [0, 0.1) is 12.7 Å². The SMILES string of the molecule is Cc1ccc(F)cc1NC(=O)c1cn(CCN)nn1. The van der Waals surface area contributed by atoms with Gasteiger partial charge < -0.3 is 11.1 Å². The third-order valence-electron chi connectivity index (χ3n) is 2.58. The second kappa shape index (κ2) is 5.57. The number of carbonyl (C=O) groups excluding carboxylic acids is 1. The predicted octanol–water partition coefficient (Wildman–Crippen LogP) is 0.937. The molecule has 19 heavy (non-hydrogen) atoms. The van der Waals surface area contributed by atoms with Crippen molar-refractivity contribution in [2.75, 3.05) is 11.9 Å². The number of anilines is 1. The Labute approximate surface area is 109 Å². The van der Waals surface area contributed by atoms with E-state index in [1.165, 1.54) is 23.0 Å². The lowest BCUT2D eigenvalue weighted by molar-refractivity contribution is 0.102. The van der Waals surface area contributed by atoms with Crippen molar-refractivity contribution in [3.8, 4) is 0 Å². The van der Waals surface area contributed by atoms with E-state index < -0.39 is 11.7 Å². The summed E-state index contributed by atoms with van der Waals surface area (Å²) in [6, 6.07) is 4.19. The van der Waals surface area contributed by atoms with Crippen molar-refractivity contribution in [1.82, 2.24) is 15.0 Å². The number of aryl methyl sites for hydroxylation is 1. The lowest BCUT2D eigenvalue weighted by Gasteiger charge is -2.06. The molecule has 1 aromatic heterocycles. The van der Waals surface area contributed by atoms with Crippen LogP contribution in [0.1, 0.15) is 16.1 Å². The van der Waals surface area contributed by atoms with E-state index in [9.17, 15) is 9.18 Å². The molecule has 0 radical (unpaired) electrons. The molecule has 7 heteroatoms. The molecule has 1 amide bonds. The number of nitrogens with zero attached hydrogens (tertiary/aromatic N) is 3. The molecular weight excluding hydrogens is 249 g/mol. The highest BCUT2D eigenvalue weighted by atomic mass is 19.1. The summed E-state index contributed by atoms with van der Waals surface area (Å²) in [4.78, 5) is 11.9. The number of benzene rings is 1. The fourth-order valence-corrected chi connectivity index (χ4v) is 1.56. The molecule has 0 bridgehead atoms. The van der Waals surface area contributed by atoms with E-state index in [2.05, 4.69) is 15.6 Å². The quantitative estimate of drug-likeness (QED) is 0.859. The normalized spacial score (nSPS) is 10.5. The molecule has 0 atom stereocenters. The summed E-state index contributed by atoms with van der Waals surface area (Å²) in [5.74, 6) is -0.843. The zero-order valence-electron chi connectivity index (χ0n) is 10.4. The predicted molar refractivity (Wildman–Crippen MR) is 68.2 cm³/mol. The van der Waals surface area contributed by atoms with E-state index in [0.29, 0.717) is 18.8 Å². The Morgan fingerprint density at radius 3 is 3.05 bits per heavy atom. The van der Waals surface area contributed by atoms with Crippen molar-refractivity contribution in [2.24, 2.45) is 5.73 Å². The maximum Gasteiger partial charge on any atom is 0.277 e. The van der Waals surface area contributed by atoms with Crippen LogP contribution in [-0.4, -0.2) is 27.4 Å². The summed E-state index contributed by atoms with van der Waals surface area (Å²) in [5.41, 5.74) is 6.72. The Hall–Kier alpha value is -2.28. The number of carbonyl (C=O) groups is 1. The van der Waals surface area contributed by atoms with Crippen LogP contribution in [0.2, 0.25) is 0 Å². The van der Waals surface area contributed by atoms with E-state index in [4.69, 9.17) is 5.73 Å². The summed E-state index contributed by atoms with van der Waals surface area (Å²) in [5, 5.41) is 10.1. The molecule has 2 rings (SSSR count). The van der Waals surface area contributed by atoms with Gasteiger partial charge in [-0.2, -0.15) is 0 Å². The molecule has 0 saturated heterocycles. The third kappa shape index (κ3) is 3.14. The van der Waals surface area contributed by atoms with E-state index in [1.807, 2.05) is 0 Å². The highest BCUT2D eigenvalue weighted by Gasteiger charge is 2.12. The minimum atomic E-state index is -0.433. The number of rotatable bonds is 4. The van der Waals surface area contributed by atoms with Gasteiger partial charge in [-0.15, -0.1) is 5.10 Å². The number of amides is 1. The van der Waals surface area contributed by atoms with Crippen molar-refractivity contribution in [3.63, 3.8) is 0 Å². The zero-order chi connectivity index (χ0) is 13.8. The van der Waals surface area contributed by atoms with Crippen LogP contribution in [0.15, 0.2) is 24.4 Å². The standard InChI is InChI=1S/C12H14FN5O/c1-8-2-3-9(13)6-10(8)15-12(19)11-7-18(5-4-14)17-16-11/h2-3,6-7H,4-5,14H2,1H3,(H,15,19). The number of halogens is 1. The van der Waals surface area contributed by atoms with E-state index in [1.54, 1.807) is 13.0 Å². The number of nitrogens with one attached hydrogen (secondary N) is 1. The van der Waals surface area contributed by atoms with Gasteiger partial charge in [0, 0.05) is 12.2 Å². The highest BCUT2D eigenvalue weighted by molar-refractivity contribution is 6.03. The van der Waals surface area contributed by atoms with Gasteiger partial charge in [-0.05, 0) is 24.6 Å². The van der Waals surface area contributed by atoms with E-state index in [0.717, 1.165) is 5.56 Å². The number of hydrogen-bond acceptors (Lipinski definition) is 4. The van der Waals surface area contributed by atoms with Gasteiger partial charge in [0.2, 0.25) is 0 Å². The molecule has 0 unspecified atom stereocenters. The molecule has 0 spiro atoms. The van der Waals surface area contributed by atoms with Gasteiger partial charge in [0.05, 0.1) is 12.7 Å². The van der Waals surface area contributed by atoms with Gasteiger partial charge in [0.1, 0.15) is 5.82 Å². The largest absolute Gasteiger partial charge is 0.329 e. The maximum absolute atomic E-state index is 13.1. The van der Waals surface area contributed by atoms with E-state index in [-0.39, 0.29) is 5.69 Å². The molecule has 1 aromatic carbocycles. The lowest BCUT2D eigenvalue weighted by atomic mass is 10.2. The van der Waals surface area contributed by atoms with Gasteiger partial charge in [-0.1, -0.05) is 11.3 Å². The first-order chi connectivity index (χ1) is 9.10. The van der Waals surface area contributed by atoms with Gasteiger partial charge in [-0.25, -0.2) is 4.39 Å². The smallest absolute Gasteiger partial charge is 0.277 e. The molecule has 0 aliphatic carbocycles. The van der Waals surface area contributed by atoms with Crippen molar-refractivity contribution < 1.29 is 9.18 Å². The minimum Gasteiger partial charge on any atom is -0.329 e. The fourth-order valence-electron chi connectivity index (χ4n) is 1.56. The van der Waals surface area contributed by atoms with Crippen LogP contribution in [0.4, 0.5) is 10.1 Å². The summed E-state index contributed by atoms with van der Waals surface area (Å²) < 4.78 is 14.6. The summed E-state index contributed by atoms with van der Waals surface area (Å²) >= 11 is 0. The first kappa shape index (κ1) is 13.2. The van der Waals surface area contributed by atoms with E-state index >= 15 is 0 Å². The molecule has 0 fully saturated rings. The first-order valence-electron chi connectivity index (χ1n) is 5.78. The molecule has 0 aliphatic rings. The van der Waals surface area contributed by atoms with Crippen molar-refractivity contribution in [3.05, 3.63) is 41.5 Å². The molecule has 6 nitrogen and oxygen atoms in total. The fraction of sp³-hybridized carbons (Fsp3) is 0.250. The Morgan fingerprint density at radius 1 is 1.53 bits per heavy atom. The molecule has 0 aliphatic heterocycles. The molecule has 100 valence electrons.